The van der Waals surface area contributed by atoms with Gasteiger partial charge in [0.15, 0.2) is 0 Å². The Bertz CT molecular complexity index is 213. The summed E-state index contributed by atoms with van der Waals surface area (Å²) in [5.41, 5.74) is 5.34. The topological polar surface area (TPSA) is 58.4 Å². The first-order valence-corrected chi connectivity index (χ1v) is 5.84. The SMILES string of the molecule is CC(CNC(=O)CCCN)N(C)C1CC1.Cl.Cl. The lowest BCUT2D eigenvalue weighted by atomic mass is 10.2. The number of halogens is 2. The molecule has 1 unspecified atom stereocenters. The van der Waals surface area contributed by atoms with Crippen LogP contribution >= 0.6 is 24.8 Å². The Balaban J connectivity index is 0. The van der Waals surface area contributed by atoms with Crippen molar-refractivity contribution in [1.29, 1.82) is 0 Å². The van der Waals surface area contributed by atoms with Gasteiger partial charge in [0.25, 0.3) is 0 Å². The van der Waals surface area contributed by atoms with Crippen molar-refractivity contribution in [1.82, 2.24) is 10.2 Å². The molecule has 0 radical (unpaired) electrons. The second-order valence-corrected chi connectivity index (χ2v) is 4.44. The predicted molar refractivity (Wildman–Crippen MR) is 76.0 cm³/mol. The highest BCUT2D eigenvalue weighted by Gasteiger charge is 2.28. The van der Waals surface area contributed by atoms with Crippen LogP contribution in [-0.2, 0) is 4.79 Å². The van der Waals surface area contributed by atoms with Gasteiger partial charge >= 0.3 is 0 Å². The van der Waals surface area contributed by atoms with E-state index in [1.54, 1.807) is 0 Å². The van der Waals surface area contributed by atoms with Gasteiger partial charge in [0, 0.05) is 25.0 Å². The molecule has 0 aromatic heterocycles. The number of hydrogen-bond donors (Lipinski definition) is 2. The summed E-state index contributed by atoms with van der Waals surface area (Å²) in [4.78, 5) is 13.7. The quantitative estimate of drug-likeness (QED) is 0.738. The molecule has 1 aliphatic carbocycles. The molecule has 17 heavy (non-hydrogen) atoms. The highest BCUT2D eigenvalue weighted by atomic mass is 35.5. The second kappa shape index (κ2) is 9.95. The van der Waals surface area contributed by atoms with E-state index in [4.69, 9.17) is 5.73 Å². The largest absolute Gasteiger partial charge is 0.355 e. The second-order valence-electron chi connectivity index (χ2n) is 4.44. The number of carbonyl (C=O) groups excluding carboxylic acids is 1. The molecule has 0 aromatic rings. The van der Waals surface area contributed by atoms with Crippen molar-refractivity contribution in [2.24, 2.45) is 5.73 Å². The van der Waals surface area contributed by atoms with Gasteiger partial charge in [0.2, 0.25) is 5.91 Å². The third kappa shape index (κ3) is 7.82. The molecule has 1 fully saturated rings. The van der Waals surface area contributed by atoms with Gasteiger partial charge in [-0.25, -0.2) is 0 Å². The van der Waals surface area contributed by atoms with E-state index < -0.39 is 0 Å². The van der Waals surface area contributed by atoms with Crippen LogP contribution in [0, 0.1) is 0 Å². The Morgan fingerprint density at radius 3 is 2.53 bits per heavy atom. The van der Waals surface area contributed by atoms with Crippen molar-refractivity contribution in [3.63, 3.8) is 0 Å². The van der Waals surface area contributed by atoms with Gasteiger partial charge in [-0.15, -0.1) is 24.8 Å². The molecule has 1 amide bonds. The van der Waals surface area contributed by atoms with Crippen molar-refractivity contribution >= 4 is 30.7 Å². The van der Waals surface area contributed by atoms with Crippen molar-refractivity contribution in [2.75, 3.05) is 20.1 Å². The fourth-order valence-electron chi connectivity index (χ4n) is 1.60. The number of nitrogens with one attached hydrogen (secondary N) is 1. The highest BCUT2D eigenvalue weighted by molar-refractivity contribution is 5.85. The van der Waals surface area contributed by atoms with Crippen LogP contribution in [0.4, 0.5) is 0 Å². The Hall–Kier alpha value is -0.0300. The minimum atomic E-state index is 0. The number of nitrogens with two attached hydrogens (primary N) is 1. The molecule has 0 aliphatic heterocycles. The molecule has 0 heterocycles. The molecule has 6 heteroatoms. The highest BCUT2D eigenvalue weighted by Crippen LogP contribution is 2.26. The van der Waals surface area contributed by atoms with Gasteiger partial charge in [0.05, 0.1) is 0 Å². The van der Waals surface area contributed by atoms with Crippen LogP contribution in [0.5, 0.6) is 0 Å². The average molecular weight is 286 g/mol. The Labute approximate surface area is 117 Å². The standard InChI is InChI=1S/C11H23N3O.2ClH/c1-9(14(2)10-5-6-10)8-13-11(15)4-3-7-12;;/h9-10H,3-8,12H2,1-2H3,(H,13,15);2*1H. The van der Waals surface area contributed by atoms with Crippen LogP contribution in [0.2, 0.25) is 0 Å². The summed E-state index contributed by atoms with van der Waals surface area (Å²) in [6, 6.07) is 1.18. The number of rotatable bonds is 7. The molecule has 1 atom stereocenters. The maximum atomic E-state index is 11.3. The first-order chi connectivity index (χ1) is 7.15. The lowest BCUT2D eigenvalue weighted by molar-refractivity contribution is -0.121. The number of carbonyl (C=O) groups is 1. The van der Waals surface area contributed by atoms with Gasteiger partial charge in [-0.05, 0) is 39.8 Å². The van der Waals surface area contributed by atoms with Gasteiger partial charge < -0.3 is 11.1 Å². The smallest absolute Gasteiger partial charge is 0.220 e. The minimum Gasteiger partial charge on any atom is -0.355 e. The first kappa shape index (κ1) is 19.3. The molecule has 0 spiro atoms. The fourth-order valence-corrected chi connectivity index (χ4v) is 1.60. The summed E-state index contributed by atoms with van der Waals surface area (Å²) in [6.07, 6.45) is 3.94. The lowest BCUT2D eigenvalue weighted by Crippen LogP contribution is -2.41. The van der Waals surface area contributed by atoms with E-state index in [0.717, 1.165) is 19.0 Å². The summed E-state index contributed by atoms with van der Waals surface area (Å²) in [5, 5.41) is 2.94. The first-order valence-electron chi connectivity index (χ1n) is 5.84. The predicted octanol–water partition coefficient (Wildman–Crippen LogP) is 1.17. The zero-order valence-corrected chi connectivity index (χ0v) is 12.3. The minimum absolute atomic E-state index is 0. The van der Waals surface area contributed by atoms with Crippen LogP contribution in [-0.4, -0.2) is 43.0 Å². The molecular weight excluding hydrogens is 261 g/mol. The van der Waals surface area contributed by atoms with Crippen molar-refractivity contribution < 1.29 is 4.79 Å². The van der Waals surface area contributed by atoms with Crippen LogP contribution in [0.1, 0.15) is 32.6 Å². The summed E-state index contributed by atoms with van der Waals surface area (Å²) < 4.78 is 0. The Morgan fingerprint density at radius 2 is 2.06 bits per heavy atom. The number of amides is 1. The van der Waals surface area contributed by atoms with E-state index >= 15 is 0 Å². The summed E-state index contributed by atoms with van der Waals surface area (Å²) in [7, 11) is 2.13. The number of likely N-dealkylation sites (N-methyl/N-ethyl adjacent to an activating group) is 1. The third-order valence-corrected chi connectivity index (χ3v) is 3.02. The summed E-state index contributed by atoms with van der Waals surface area (Å²) in [5.74, 6) is 0.122. The maximum Gasteiger partial charge on any atom is 0.220 e. The molecule has 4 nitrogen and oxygen atoms in total. The monoisotopic (exact) mass is 285 g/mol. The van der Waals surface area contributed by atoms with Gasteiger partial charge in [-0.3, -0.25) is 9.69 Å². The van der Waals surface area contributed by atoms with E-state index in [1.165, 1.54) is 12.8 Å². The Morgan fingerprint density at radius 1 is 1.47 bits per heavy atom. The van der Waals surface area contributed by atoms with Crippen LogP contribution in [0.25, 0.3) is 0 Å². The molecule has 104 valence electrons. The molecule has 1 rings (SSSR count). The zero-order valence-electron chi connectivity index (χ0n) is 10.6. The van der Waals surface area contributed by atoms with Gasteiger partial charge in [0.1, 0.15) is 0 Å². The normalized spacial score (nSPS) is 15.8. The number of nitrogens with zero attached hydrogens (tertiary/aromatic N) is 1. The summed E-state index contributed by atoms with van der Waals surface area (Å²) >= 11 is 0. The number of hydrogen-bond acceptors (Lipinski definition) is 3. The molecule has 0 aromatic carbocycles. The Kier molecular flexibility index (Phi) is 11.3. The van der Waals surface area contributed by atoms with E-state index in [9.17, 15) is 4.79 Å². The van der Waals surface area contributed by atoms with E-state index in [0.29, 0.717) is 19.0 Å². The molecule has 3 N–H and O–H groups in total. The van der Waals surface area contributed by atoms with Crippen molar-refractivity contribution in [3.8, 4) is 0 Å². The lowest BCUT2D eigenvalue weighted by Gasteiger charge is -2.24. The third-order valence-electron chi connectivity index (χ3n) is 3.02. The fraction of sp³-hybridized carbons (Fsp3) is 0.909. The van der Waals surface area contributed by atoms with Gasteiger partial charge in [-0.1, -0.05) is 0 Å². The molecule has 1 saturated carbocycles. The molecule has 0 bridgehead atoms. The van der Waals surface area contributed by atoms with E-state index in [2.05, 4.69) is 24.2 Å². The molecule has 1 aliphatic rings. The van der Waals surface area contributed by atoms with Gasteiger partial charge in [-0.2, -0.15) is 0 Å². The van der Waals surface area contributed by atoms with E-state index in [1.807, 2.05) is 0 Å². The maximum absolute atomic E-state index is 11.3. The zero-order chi connectivity index (χ0) is 11.3. The molecule has 0 saturated heterocycles. The summed E-state index contributed by atoms with van der Waals surface area (Å²) in [6.45, 7) is 3.49. The van der Waals surface area contributed by atoms with Crippen molar-refractivity contribution in [2.45, 2.75) is 44.7 Å². The average Bonchev–Trinajstić information content (AvgIpc) is 3.05. The van der Waals surface area contributed by atoms with E-state index in [-0.39, 0.29) is 30.7 Å². The van der Waals surface area contributed by atoms with Crippen LogP contribution < -0.4 is 11.1 Å². The van der Waals surface area contributed by atoms with Crippen LogP contribution in [0.15, 0.2) is 0 Å². The molecular formula is C11H25Cl2N3O. The van der Waals surface area contributed by atoms with Crippen LogP contribution in [0.3, 0.4) is 0 Å². The van der Waals surface area contributed by atoms with Crippen molar-refractivity contribution in [3.05, 3.63) is 0 Å².